The van der Waals surface area contributed by atoms with E-state index >= 15 is 0 Å². The lowest BCUT2D eigenvalue weighted by atomic mass is 9.83. The van der Waals surface area contributed by atoms with Gasteiger partial charge in [-0.3, -0.25) is 18.9 Å². The monoisotopic (exact) mass is 722 g/mol. The predicted octanol–water partition coefficient (Wildman–Crippen LogP) is 11.7. The summed E-state index contributed by atoms with van der Waals surface area (Å²) in [6.07, 6.45) is 10.9. The molecule has 0 bridgehead atoms. The molecule has 1 heterocycles. The maximum atomic E-state index is 14.2. The Labute approximate surface area is 318 Å². The minimum Gasteiger partial charge on any atom is -0.494 e. The Morgan fingerprint density at radius 2 is 1.51 bits per heavy atom. The van der Waals surface area contributed by atoms with Crippen LogP contribution in [0.15, 0.2) is 124 Å². The van der Waals surface area contributed by atoms with Gasteiger partial charge in [-0.05, 0) is 154 Å². The van der Waals surface area contributed by atoms with Gasteiger partial charge in [0.1, 0.15) is 5.56 Å². The average molecular weight is 723 g/mol. The minimum atomic E-state index is -0.270. The van der Waals surface area contributed by atoms with Crippen LogP contribution in [0.4, 0.5) is 11.4 Å². The summed E-state index contributed by atoms with van der Waals surface area (Å²) in [5.41, 5.74) is 9.24. The molecule has 0 fully saturated rings. The van der Waals surface area contributed by atoms with Gasteiger partial charge in [-0.15, -0.1) is 0 Å². The lowest BCUT2D eigenvalue weighted by molar-refractivity contribution is 0.398. The molecule has 6 rings (SSSR count). The van der Waals surface area contributed by atoms with Crippen LogP contribution in [-0.2, 0) is 13.1 Å². The van der Waals surface area contributed by atoms with Crippen molar-refractivity contribution in [3.63, 3.8) is 0 Å². The van der Waals surface area contributed by atoms with Crippen LogP contribution in [-0.4, -0.2) is 26.5 Å². The van der Waals surface area contributed by atoms with Crippen LogP contribution in [0.3, 0.4) is 0 Å². The molecule has 5 aromatic rings. The number of benzene rings is 4. The summed E-state index contributed by atoms with van der Waals surface area (Å²) >= 11 is 5.68. The highest BCUT2D eigenvalue weighted by Gasteiger charge is 2.26. The third-order valence-corrected chi connectivity index (χ3v) is 11.0. The molecule has 1 N–H and O–H groups in total. The number of rotatable bonds is 10. The molecule has 1 aromatic heterocycles. The van der Waals surface area contributed by atoms with Crippen molar-refractivity contribution in [3.8, 4) is 5.88 Å². The van der Waals surface area contributed by atoms with E-state index in [9.17, 15) is 9.90 Å². The molecule has 4 aromatic carbocycles. The molecule has 0 atom stereocenters. The zero-order valence-corrected chi connectivity index (χ0v) is 32.8. The van der Waals surface area contributed by atoms with E-state index in [-0.39, 0.29) is 11.4 Å². The second-order valence-electron chi connectivity index (χ2n) is 13.7. The Morgan fingerprint density at radius 3 is 2.17 bits per heavy atom. The number of aromatic nitrogens is 2. The first kappa shape index (κ1) is 37.5. The normalized spacial score (nSPS) is 15.0. The number of aryl methyl sites for hydroxylation is 2. The fourth-order valence-electron chi connectivity index (χ4n) is 7.67. The topological polar surface area (TPSA) is 62.8 Å². The largest absolute Gasteiger partial charge is 0.494 e. The van der Waals surface area contributed by atoms with Crippen molar-refractivity contribution in [3.05, 3.63) is 146 Å². The van der Waals surface area contributed by atoms with E-state index in [4.69, 9.17) is 17.2 Å². The van der Waals surface area contributed by atoms with Crippen LogP contribution < -0.4 is 10.5 Å². The molecule has 0 radical (unpaired) electrons. The molecule has 0 aliphatic heterocycles. The van der Waals surface area contributed by atoms with Gasteiger partial charge in [0.2, 0.25) is 5.88 Å². The van der Waals surface area contributed by atoms with Crippen LogP contribution in [0.1, 0.15) is 70.6 Å². The Morgan fingerprint density at radius 1 is 0.868 bits per heavy atom. The number of hydrogen-bond donors (Lipinski definition) is 1. The summed E-state index contributed by atoms with van der Waals surface area (Å²) in [6, 6.07) is 25.4. The number of fused-ring (bicyclic) bond motifs is 2. The first-order chi connectivity index (χ1) is 25.6. The summed E-state index contributed by atoms with van der Waals surface area (Å²) in [7, 11) is 0. The Kier molecular flexibility index (Phi) is 11.4. The first-order valence-corrected chi connectivity index (χ1v) is 19.2. The standard InChI is InChI=1S/C46H50N4O2S/c1-8-48(41-29-27-35-17-12-14-21-39(35)33(41)7)31(5)23-25-37-19-15-18-36(42(37)43-44(51)49(9-2)46(53)50(10-3)45(43)52)24-22-30(4)47-40-28-26-34-16-11-13-20-38(34)32(40)6/h11-14,16-17,20-29,51H,8-10,15,18-19H2,1-7H3/b24-22+,31-23+,37-25+,47-30+. The molecule has 0 unspecified atom stereocenters. The smallest absolute Gasteiger partial charge is 0.266 e. The quantitative estimate of drug-likeness (QED) is 0.115. The highest BCUT2D eigenvalue weighted by Crippen LogP contribution is 2.40. The molecule has 0 saturated carbocycles. The van der Waals surface area contributed by atoms with Crippen LogP contribution in [0, 0.1) is 18.6 Å². The fraction of sp³-hybridized carbons (Fsp3) is 0.283. The van der Waals surface area contributed by atoms with Crippen molar-refractivity contribution < 1.29 is 5.11 Å². The second-order valence-corrected chi connectivity index (χ2v) is 14.1. The van der Waals surface area contributed by atoms with Gasteiger partial charge >= 0.3 is 0 Å². The highest BCUT2D eigenvalue weighted by atomic mass is 32.1. The molecule has 1 aliphatic carbocycles. The number of anilines is 1. The SMILES string of the molecule is CCN(/C(C)=C/C=C1\CCCC(/C=C/C(C)=N/c2ccc3ccccc3c2C)=C1c1c(O)n(CC)c(=S)n(CC)c1=O)c1ccc2ccccc2c1C. The van der Waals surface area contributed by atoms with E-state index in [1.54, 1.807) is 9.13 Å². The third kappa shape index (κ3) is 7.36. The van der Waals surface area contributed by atoms with Gasteiger partial charge in [0, 0.05) is 36.7 Å². The molecule has 0 saturated heterocycles. The maximum absolute atomic E-state index is 14.2. The highest BCUT2D eigenvalue weighted by molar-refractivity contribution is 7.71. The van der Waals surface area contributed by atoms with Gasteiger partial charge in [0.15, 0.2) is 4.77 Å². The van der Waals surface area contributed by atoms with Crippen LogP contribution in [0.5, 0.6) is 5.88 Å². The van der Waals surface area contributed by atoms with Crippen LogP contribution in [0.2, 0.25) is 0 Å². The van der Waals surface area contributed by atoms with E-state index in [1.165, 1.54) is 32.8 Å². The van der Waals surface area contributed by atoms with Crippen LogP contribution in [0.25, 0.3) is 27.1 Å². The lowest BCUT2D eigenvalue weighted by Crippen LogP contribution is -2.28. The maximum Gasteiger partial charge on any atom is 0.266 e. The Bertz CT molecular complexity index is 2490. The van der Waals surface area contributed by atoms with Gasteiger partial charge in [0.05, 0.1) is 5.69 Å². The summed E-state index contributed by atoms with van der Waals surface area (Å²) in [5.74, 6) is -0.0826. The second kappa shape index (κ2) is 16.2. The summed E-state index contributed by atoms with van der Waals surface area (Å²) in [6.45, 7) is 16.1. The molecule has 7 heteroatoms. The van der Waals surface area contributed by atoms with Gasteiger partial charge in [0.25, 0.3) is 5.56 Å². The Balaban J connectivity index is 1.49. The molecule has 0 amide bonds. The van der Waals surface area contributed by atoms with Crippen molar-refractivity contribution in [2.75, 3.05) is 11.4 Å². The number of aromatic hydroxyl groups is 1. The van der Waals surface area contributed by atoms with Gasteiger partial charge < -0.3 is 10.0 Å². The zero-order chi connectivity index (χ0) is 37.8. The predicted molar refractivity (Wildman–Crippen MR) is 227 cm³/mol. The summed E-state index contributed by atoms with van der Waals surface area (Å²) in [5, 5.41) is 16.6. The first-order valence-electron chi connectivity index (χ1n) is 18.7. The van der Waals surface area contributed by atoms with Crippen LogP contribution >= 0.6 is 12.2 Å². The molecular weight excluding hydrogens is 673 g/mol. The molecular formula is C46H50N4O2S. The number of nitrogens with zero attached hydrogens (tertiary/aromatic N) is 4. The van der Waals surface area contributed by atoms with E-state index in [2.05, 4.69) is 124 Å². The van der Waals surface area contributed by atoms with Gasteiger partial charge in [-0.1, -0.05) is 72.8 Å². The fourth-order valence-corrected chi connectivity index (χ4v) is 8.09. The van der Waals surface area contributed by atoms with Crippen molar-refractivity contribution in [2.24, 2.45) is 4.99 Å². The third-order valence-electron chi connectivity index (χ3n) is 10.5. The van der Waals surface area contributed by atoms with Gasteiger partial charge in [-0.2, -0.15) is 0 Å². The number of hydrogen-bond acceptors (Lipinski definition) is 5. The number of allylic oxidation sites excluding steroid dienone is 8. The van der Waals surface area contributed by atoms with E-state index in [0.717, 1.165) is 65.2 Å². The molecule has 0 spiro atoms. The minimum absolute atomic E-state index is 0.0826. The summed E-state index contributed by atoms with van der Waals surface area (Å²) < 4.78 is 3.58. The van der Waals surface area contributed by atoms with Crippen molar-refractivity contribution in [1.82, 2.24) is 9.13 Å². The lowest BCUT2D eigenvalue weighted by Gasteiger charge is -2.27. The van der Waals surface area contributed by atoms with E-state index in [0.29, 0.717) is 23.4 Å². The van der Waals surface area contributed by atoms with E-state index in [1.807, 2.05) is 26.8 Å². The van der Waals surface area contributed by atoms with Crippen molar-refractivity contribution in [1.29, 1.82) is 0 Å². The summed E-state index contributed by atoms with van der Waals surface area (Å²) in [4.78, 5) is 21.6. The number of aliphatic imine (C=N–C) groups is 1. The van der Waals surface area contributed by atoms with Gasteiger partial charge in [-0.25, -0.2) is 0 Å². The molecule has 53 heavy (non-hydrogen) atoms. The molecule has 1 aliphatic rings. The Hall–Kier alpha value is -5.27. The molecule has 6 nitrogen and oxygen atoms in total. The average Bonchev–Trinajstić information content (AvgIpc) is 3.16. The van der Waals surface area contributed by atoms with Crippen molar-refractivity contribution in [2.45, 2.75) is 80.8 Å². The molecule has 272 valence electrons. The van der Waals surface area contributed by atoms with E-state index < -0.39 is 0 Å². The zero-order valence-electron chi connectivity index (χ0n) is 32.0. The van der Waals surface area contributed by atoms with Crippen molar-refractivity contribution >= 4 is 56.4 Å².